The van der Waals surface area contributed by atoms with Crippen LogP contribution in [0.1, 0.15) is 43.9 Å². The minimum absolute atomic E-state index is 0.194. The largest absolute Gasteiger partial charge is 0.291 e. The Morgan fingerprint density at radius 1 is 1.33 bits per heavy atom. The number of nitrogens with one attached hydrogen (secondary N) is 2. The number of nitrogens with zero attached hydrogens (tertiary/aromatic N) is 2. The zero-order valence-corrected chi connectivity index (χ0v) is 13.0. The molecule has 0 bridgehead atoms. The predicted molar refractivity (Wildman–Crippen MR) is 80.3 cm³/mol. The van der Waals surface area contributed by atoms with Gasteiger partial charge in [0.05, 0.1) is 22.8 Å². The molecule has 0 aromatic carbocycles. The molecule has 1 aliphatic carbocycles. The van der Waals surface area contributed by atoms with Crippen molar-refractivity contribution in [3.8, 4) is 0 Å². The third kappa shape index (κ3) is 3.11. The SMILES string of the molecule is C[C@H]1CCc2sc(C(=O)NNC(=O)c3cnsn3)cc2C1. The van der Waals surface area contributed by atoms with Gasteiger partial charge in [0.25, 0.3) is 11.8 Å². The zero-order valence-electron chi connectivity index (χ0n) is 11.4. The van der Waals surface area contributed by atoms with Crippen LogP contribution < -0.4 is 10.9 Å². The van der Waals surface area contributed by atoms with Crippen LogP contribution in [-0.2, 0) is 12.8 Å². The normalized spacial score (nSPS) is 17.1. The number of fused-ring (bicyclic) bond motifs is 1. The van der Waals surface area contributed by atoms with Gasteiger partial charge in [0.15, 0.2) is 5.69 Å². The lowest BCUT2D eigenvalue weighted by Gasteiger charge is -2.16. The summed E-state index contributed by atoms with van der Waals surface area (Å²) in [5, 5.41) is 0. The fourth-order valence-corrected chi connectivity index (χ4v) is 3.84. The molecule has 0 fully saturated rings. The molecule has 2 heterocycles. The number of hydrogen-bond acceptors (Lipinski definition) is 6. The summed E-state index contributed by atoms with van der Waals surface area (Å²) in [5.74, 6) is -0.0921. The Labute approximate surface area is 129 Å². The summed E-state index contributed by atoms with van der Waals surface area (Å²) in [7, 11) is 0. The van der Waals surface area contributed by atoms with Gasteiger partial charge in [-0.25, -0.2) is 0 Å². The van der Waals surface area contributed by atoms with Crippen LogP contribution in [0.4, 0.5) is 0 Å². The molecule has 0 radical (unpaired) electrons. The summed E-state index contributed by atoms with van der Waals surface area (Å²) in [6.45, 7) is 2.22. The number of carbonyl (C=O) groups is 2. The highest BCUT2D eigenvalue weighted by Crippen LogP contribution is 2.32. The molecule has 2 N–H and O–H groups in total. The summed E-state index contributed by atoms with van der Waals surface area (Å²) in [6, 6.07) is 1.93. The molecule has 110 valence electrons. The van der Waals surface area contributed by atoms with E-state index in [9.17, 15) is 9.59 Å². The molecule has 2 amide bonds. The van der Waals surface area contributed by atoms with Gasteiger partial charge in [-0.05, 0) is 36.8 Å². The molecule has 2 aromatic heterocycles. The Kier molecular flexibility index (Phi) is 3.98. The van der Waals surface area contributed by atoms with Crippen LogP contribution >= 0.6 is 23.1 Å². The van der Waals surface area contributed by atoms with Crippen LogP contribution in [0.5, 0.6) is 0 Å². The van der Waals surface area contributed by atoms with Crippen LogP contribution in [0, 0.1) is 5.92 Å². The first-order valence-corrected chi connectivity index (χ1v) is 8.18. The smallest absolute Gasteiger partial charge is 0.266 e. The van der Waals surface area contributed by atoms with Gasteiger partial charge in [0.1, 0.15) is 0 Å². The highest BCUT2D eigenvalue weighted by atomic mass is 32.1. The highest BCUT2D eigenvalue weighted by molar-refractivity contribution is 7.14. The Morgan fingerprint density at radius 2 is 2.14 bits per heavy atom. The lowest BCUT2D eigenvalue weighted by atomic mass is 9.90. The Hall–Kier alpha value is -1.80. The molecule has 2 aromatic rings. The summed E-state index contributed by atoms with van der Waals surface area (Å²) in [6.07, 6.45) is 4.58. The van der Waals surface area contributed by atoms with Gasteiger partial charge in [-0.2, -0.15) is 8.75 Å². The number of hydrazine groups is 1. The Bertz CT molecular complexity index is 666. The second kappa shape index (κ2) is 5.90. The molecule has 1 aliphatic rings. The van der Waals surface area contributed by atoms with Crippen LogP contribution in [0.2, 0.25) is 0 Å². The lowest BCUT2D eigenvalue weighted by Crippen LogP contribution is -2.41. The van der Waals surface area contributed by atoms with Crippen molar-refractivity contribution in [2.45, 2.75) is 26.2 Å². The Balaban J connectivity index is 1.62. The average molecular weight is 322 g/mol. The van der Waals surface area contributed by atoms with E-state index in [0.29, 0.717) is 10.8 Å². The van der Waals surface area contributed by atoms with Gasteiger partial charge in [-0.1, -0.05) is 6.92 Å². The summed E-state index contributed by atoms with van der Waals surface area (Å²) in [5.41, 5.74) is 6.22. The lowest BCUT2D eigenvalue weighted by molar-refractivity contribution is 0.0846. The molecule has 3 rings (SSSR count). The fraction of sp³-hybridized carbons (Fsp3) is 0.385. The average Bonchev–Trinajstić information content (AvgIpc) is 3.12. The molecule has 0 spiro atoms. The van der Waals surface area contributed by atoms with E-state index in [1.165, 1.54) is 34.4 Å². The van der Waals surface area contributed by atoms with E-state index in [2.05, 4.69) is 26.5 Å². The topological polar surface area (TPSA) is 84.0 Å². The number of amides is 2. The molecular weight excluding hydrogens is 308 g/mol. The second-order valence-corrected chi connectivity index (χ2v) is 6.80. The zero-order chi connectivity index (χ0) is 14.8. The highest BCUT2D eigenvalue weighted by Gasteiger charge is 2.21. The third-order valence-electron chi connectivity index (χ3n) is 3.44. The second-order valence-electron chi connectivity index (χ2n) is 5.11. The minimum Gasteiger partial charge on any atom is -0.266 e. The molecule has 1 atom stereocenters. The Morgan fingerprint density at radius 3 is 2.90 bits per heavy atom. The first-order chi connectivity index (χ1) is 10.1. The monoisotopic (exact) mass is 322 g/mol. The fourth-order valence-electron chi connectivity index (χ4n) is 2.32. The maximum Gasteiger partial charge on any atom is 0.291 e. The number of rotatable bonds is 2. The van der Waals surface area contributed by atoms with Crippen molar-refractivity contribution in [2.24, 2.45) is 5.92 Å². The van der Waals surface area contributed by atoms with Gasteiger partial charge in [0.2, 0.25) is 0 Å². The van der Waals surface area contributed by atoms with Crippen molar-refractivity contribution in [2.75, 3.05) is 0 Å². The van der Waals surface area contributed by atoms with Crippen LogP contribution in [0.15, 0.2) is 12.3 Å². The number of hydrogen-bond donors (Lipinski definition) is 2. The number of thiophene rings is 1. The van der Waals surface area contributed by atoms with Gasteiger partial charge in [-0.3, -0.25) is 20.4 Å². The maximum atomic E-state index is 12.1. The third-order valence-corrected chi connectivity index (χ3v) is 5.15. The van der Waals surface area contributed by atoms with E-state index in [4.69, 9.17) is 0 Å². The van der Waals surface area contributed by atoms with E-state index in [1.54, 1.807) is 0 Å². The summed E-state index contributed by atoms with van der Waals surface area (Å²) in [4.78, 5) is 25.6. The molecule has 0 unspecified atom stereocenters. The van der Waals surface area contributed by atoms with E-state index in [-0.39, 0.29) is 11.6 Å². The molecular formula is C13H14N4O2S2. The van der Waals surface area contributed by atoms with Crippen molar-refractivity contribution >= 4 is 34.9 Å². The van der Waals surface area contributed by atoms with Crippen molar-refractivity contribution in [3.63, 3.8) is 0 Å². The van der Waals surface area contributed by atoms with Crippen LogP contribution in [0.25, 0.3) is 0 Å². The first-order valence-electron chi connectivity index (χ1n) is 6.63. The predicted octanol–water partition coefficient (Wildman–Crippen LogP) is 1.80. The number of carbonyl (C=O) groups excluding carboxylic acids is 2. The van der Waals surface area contributed by atoms with Gasteiger partial charge in [0, 0.05) is 4.88 Å². The number of aryl methyl sites for hydroxylation is 1. The first kappa shape index (κ1) is 14.2. The summed E-state index contributed by atoms with van der Waals surface area (Å²) >= 11 is 2.45. The molecule has 0 saturated carbocycles. The standard InChI is InChI=1S/C13H14N4O2S2/c1-7-2-3-10-8(4-7)5-11(20-10)13(19)16-15-12(18)9-6-14-21-17-9/h5-7H,2-4H2,1H3,(H,15,18)(H,16,19)/t7-/m0/s1. The molecule has 0 saturated heterocycles. The molecule has 6 nitrogen and oxygen atoms in total. The van der Waals surface area contributed by atoms with Crippen molar-refractivity contribution in [1.82, 2.24) is 19.6 Å². The summed E-state index contributed by atoms with van der Waals surface area (Å²) < 4.78 is 7.54. The maximum absolute atomic E-state index is 12.1. The van der Waals surface area contributed by atoms with E-state index >= 15 is 0 Å². The van der Waals surface area contributed by atoms with E-state index in [0.717, 1.165) is 24.6 Å². The van der Waals surface area contributed by atoms with Crippen LogP contribution in [-0.4, -0.2) is 20.6 Å². The quantitative estimate of drug-likeness (QED) is 0.826. The van der Waals surface area contributed by atoms with Crippen molar-refractivity contribution in [1.29, 1.82) is 0 Å². The van der Waals surface area contributed by atoms with Crippen molar-refractivity contribution < 1.29 is 9.59 Å². The van der Waals surface area contributed by atoms with Gasteiger partial charge < -0.3 is 0 Å². The minimum atomic E-state index is -0.466. The van der Waals surface area contributed by atoms with Gasteiger partial charge >= 0.3 is 0 Å². The van der Waals surface area contributed by atoms with Crippen molar-refractivity contribution in [3.05, 3.63) is 33.3 Å². The number of aromatic nitrogens is 2. The molecule has 8 heteroatoms. The molecule has 0 aliphatic heterocycles. The van der Waals surface area contributed by atoms with Gasteiger partial charge in [-0.15, -0.1) is 11.3 Å². The van der Waals surface area contributed by atoms with E-state index < -0.39 is 5.91 Å². The van der Waals surface area contributed by atoms with E-state index in [1.807, 2.05) is 6.07 Å². The molecule has 21 heavy (non-hydrogen) atoms. The van der Waals surface area contributed by atoms with Crippen LogP contribution in [0.3, 0.4) is 0 Å².